The lowest BCUT2D eigenvalue weighted by Crippen LogP contribution is -2.32. The van der Waals surface area contributed by atoms with Crippen LogP contribution in [-0.4, -0.2) is 47.6 Å². The quantitative estimate of drug-likeness (QED) is 0.551. The maximum absolute atomic E-state index is 10.8. The second-order valence-corrected chi connectivity index (χ2v) is 2.72. The minimum Gasteiger partial charge on any atom is -0.462 e. The van der Waals surface area contributed by atoms with Crippen molar-refractivity contribution in [2.75, 3.05) is 13.2 Å². The molecule has 0 saturated carbocycles. The maximum Gasteiger partial charge on any atom is 0.335 e. The minimum absolute atomic E-state index is 0.218. The average molecular weight is 206 g/mol. The lowest BCUT2D eigenvalue weighted by Gasteiger charge is -2.15. The topological polar surface area (TPSA) is 93.1 Å². The van der Waals surface area contributed by atoms with E-state index in [2.05, 4.69) is 9.47 Å². The van der Waals surface area contributed by atoms with Crippen LogP contribution >= 0.6 is 0 Å². The Hall–Kier alpha value is -1.14. The first-order chi connectivity index (χ1) is 6.47. The van der Waals surface area contributed by atoms with E-state index < -0.39 is 30.8 Å². The fraction of sp³-hybridized carbons (Fsp3) is 0.750. The molecule has 0 aliphatic carbocycles. The summed E-state index contributed by atoms with van der Waals surface area (Å²) < 4.78 is 9.11. The number of aliphatic hydroxyl groups is 2. The molecule has 0 heterocycles. The van der Waals surface area contributed by atoms with Crippen LogP contribution in [0.2, 0.25) is 0 Å². The Kier molecular flexibility index (Phi) is 5.82. The van der Waals surface area contributed by atoms with Crippen molar-refractivity contribution in [2.24, 2.45) is 0 Å². The van der Waals surface area contributed by atoms with Crippen molar-refractivity contribution in [2.45, 2.75) is 26.1 Å². The number of carbonyl (C=O) groups excluding carboxylic acids is 2. The zero-order valence-electron chi connectivity index (χ0n) is 8.10. The molecule has 14 heavy (non-hydrogen) atoms. The highest BCUT2D eigenvalue weighted by Gasteiger charge is 2.18. The average Bonchev–Trinajstić information content (AvgIpc) is 2.11. The molecule has 0 rings (SSSR count). The summed E-state index contributed by atoms with van der Waals surface area (Å²) >= 11 is 0. The minimum atomic E-state index is -1.26. The number of hydrogen-bond acceptors (Lipinski definition) is 6. The summed E-state index contributed by atoms with van der Waals surface area (Å²) in [5.74, 6) is -1.40. The molecule has 2 unspecified atom stereocenters. The van der Waals surface area contributed by atoms with E-state index in [-0.39, 0.29) is 6.61 Å². The fourth-order valence-electron chi connectivity index (χ4n) is 0.597. The third-order valence-electron chi connectivity index (χ3n) is 1.30. The highest BCUT2D eigenvalue weighted by molar-refractivity contribution is 5.74. The molecule has 0 bridgehead atoms. The van der Waals surface area contributed by atoms with E-state index in [0.29, 0.717) is 0 Å². The Morgan fingerprint density at radius 3 is 2.36 bits per heavy atom. The third-order valence-corrected chi connectivity index (χ3v) is 1.30. The number of rotatable bonds is 5. The number of carbonyl (C=O) groups is 2. The van der Waals surface area contributed by atoms with Crippen molar-refractivity contribution in [3.63, 3.8) is 0 Å². The Morgan fingerprint density at radius 2 is 2.00 bits per heavy atom. The SMILES string of the molecule is CC(=O)OCC(CO)OC(=O)C(C)O. The van der Waals surface area contributed by atoms with Crippen LogP contribution in [0.5, 0.6) is 0 Å². The molecule has 0 saturated heterocycles. The van der Waals surface area contributed by atoms with E-state index in [1.54, 1.807) is 0 Å². The molecule has 0 aromatic rings. The van der Waals surface area contributed by atoms with Gasteiger partial charge in [0.15, 0.2) is 6.10 Å². The lowest BCUT2D eigenvalue weighted by atomic mass is 10.4. The summed E-state index contributed by atoms with van der Waals surface area (Å²) in [6.45, 7) is 1.75. The van der Waals surface area contributed by atoms with Gasteiger partial charge in [0.2, 0.25) is 0 Å². The second kappa shape index (κ2) is 6.33. The first-order valence-corrected chi connectivity index (χ1v) is 4.10. The Morgan fingerprint density at radius 1 is 1.43 bits per heavy atom. The zero-order chi connectivity index (χ0) is 11.1. The summed E-state index contributed by atoms with van der Waals surface area (Å²) in [7, 11) is 0. The molecule has 82 valence electrons. The lowest BCUT2D eigenvalue weighted by molar-refractivity contribution is -0.167. The Balaban J connectivity index is 3.90. The first-order valence-electron chi connectivity index (χ1n) is 4.10. The number of hydrogen-bond donors (Lipinski definition) is 2. The molecule has 0 radical (unpaired) electrons. The highest BCUT2D eigenvalue weighted by Crippen LogP contribution is 1.96. The highest BCUT2D eigenvalue weighted by atomic mass is 16.6. The van der Waals surface area contributed by atoms with Crippen molar-refractivity contribution in [3.8, 4) is 0 Å². The van der Waals surface area contributed by atoms with Gasteiger partial charge >= 0.3 is 11.9 Å². The van der Waals surface area contributed by atoms with Gasteiger partial charge in [-0.25, -0.2) is 4.79 Å². The second-order valence-electron chi connectivity index (χ2n) is 2.72. The normalized spacial score (nSPS) is 14.3. The number of esters is 2. The van der Waals surface area contributed by atoms with Gasteiger partial charge in [-0.2, -0.15) is 0 Å². The summed E-state index contributed by atoms with van der Waals surface area (Å²) in [5.41, 5.74) is 0. The van der Waals surface area contributed by atoms with E-state index in [1.807, 2.05) is 0 Å². The smallest absolute Gasteiger partial charge is 0.335 e. The van der Waals surface area contributed by atoms with Gasteiger partial charge in [-0.3, -0.25) is 4.79 Å². The van der Waals surface area contributed by atoms with Gasteiger partial charge in [-0.05, 0) is 6.92 Å². The summed E-state index contributed by atoms with van der Waals surface area (Å²) in [6.07, 6.45) is -2.19. The van der Waals surface area contributed by atoms with Gasteiger partial charge in [0.1, 0.15) is 12.7 Å². The maximum atomic E-state index is 10.8. The van der Waals surface area contributed by atoms with Crippen LogP contribution < -0.4 is 0 Å². The van der Waals surface area contributed by atoms with Gasteiger partial charge in [0, 0.05) is 6.92 Å². The molecule has 2 N–H and O–H groups in total. The molecule has 2 atom stereocenters. The Bertz CT molecular complexity index is 200. The molecular weight excluding hydrogens is 192 g/mol. The van der Waals surface area contributed by atoms with E-state index >= 15 is 0 Å². The zero-order valence-corrected chi connectivity index (χ0v) is 8.10. The van der Waals surface area contributed by atoms with Crippen LogP contribution in [0.25, 0.3) is 0 Å². The van der Waals surface area contributed by atoms with Crippen LogP contribution in [0.15, 0.2) is 0 Å². The molecule has 0 aliphatic rings. The van der Waals surface area contributed by atoms with E-state index in [0.717, 1.165) is 0 Å². The van der Waals surface area contributed by atoms with E-state index in [1.165, 1.54) is 13.8 Å². The van der Waals surface area contributed by atoms with Crippen molar-refractivity contribution in [3.05, 3.63) is 0 Å². The first kappa shape index (κ1) is 12.9. The molecule has 6 heteroatoms. The molecule has 0 aromatic heterocycles. The molecule has 0 aliphatic heterocycles. The molecular formula is C8H14O6. The predicted molar refractivity (Wildman–Crippen MR) is 45.3 cm³/mol. The van der Waals surface area contributed by atoms with Crippen molar-refractivity contribution in [1.29, 1.82) is 0 Å². The molecule has 0 spiro atoms. The monoisotopic (exact) mass is 206 g/mol. The largest absolute Gasteiger partial charge is 0.462 e. The van der Waals surface area contributed by atoms with E-state index in [9.17, 15) is 9.59 Å². The van der Waals surface area contributed by atoms with Gasteiger partial charge < -0.3 is 19.7 Å². The van der Waals surface area contributed by atoms with Crippen LogP contribution in [-0.2, 0) is 19.1 Å². The van der Waals surface area contributed by atoms with Crippen LogP contribution in [0.4, 0.5) is 0 Å². The molecule has 0 amide bonds. The Labute approximate surface area is 81.4 Å². The van der Waals surface area contributed by atoms with Gasteiger partial charge in [-0.15, -0.1) is 0 Å². The third kappa shape index (κ3) is 5.50. The predicted octanol–water partition coefficient (Wildman–Crippen LogP) is -1.17. The van der Waals surface area contributed by atoms with Gasteiger partial charge in [0.05, 0.1) is 6.61 Å². The summed E-state index contributed by atoms with van der Waals surface area (Å²) in [6, 6.07) is 0. The molecule has 6 nitrogen and oxygen atoms in total. The fourth-order valence-corrected chi connectivity index (χ4v) is 0.597. The van der Waals surface area contributed by atoms with Crippen LogP contribution in [0.3, 0.4) is 0 Å². The van der Waals surface area contributed by atoms with Crippen LogP contribution in [0.1, 0.15) is 13.8 Å². The summed E-state index contributed by atoms with van der Waals surface area (Å²) in [4.78, 5) is 21.2. The number of ether oxygens (including phenoxy) is 2. The van der Waals surface area contributed by atoms with Crippen molar-refractivity contribution < 1.29 is 29.3 Å². The standard InChI is InChI=1S/C8H14O6/c1-5(10)8(12)14-7(3-9)4-13-6(2)11/h5,7,9-10H,3-4H2,1-2H3. The van der Waals surface area contributed by atoms with Crippen molar-refractivity contribution in [1.82, 2.24) is 0 Å². The van der Waals surface area contributed by atoms with Gasteiger partial charge in [0.25, 0.3) is 0 Å². The number of aliphatic hydroxyl groups excluding tert-OH is 2. The van der Waals surface area contributed by atoms with Crippen LogP contribution in [0, 0.1) is 0 Å². The molecule has 0 aromatic carbocycles. The van der Waals surface area contributed by atoms with E-state index in [4.69, 9.17) is 10.2 Å². The molecule has 0 fully saturated rings. The van der Waals surface area contributed by atoms with Crippen molar-refractivity contribution >= 4 is 11.9 Å². The van der Waals surface area contributed by atoms with Gasteiger partial charge in [-0.1, -0.05) is 0 Å². The summed E-state index contributed by atoms with van der Waals surface area (Å²) in [5, 5.41) is 17.5.